The summed E-state index contributed by atoms with van der Waals surface area (Å²) in [5, 5.41) is 15.8. The van der Waals surface area contributed by atoms with Crippen LogP contribution in [0.4, 0.5) is 17.1 Å². The molecule has 1 N–H and O–H groups in total. The summed E-state index contributed by atoms with van der Waals surface area (Å²) in [5.41, 5.74) is 3.23. The van der Waals surface area contributed by atoms with Gasteiger partial charge < -0.3 is 15.0 Å². The minimum absolute atomic E-state index is 0.00125. The maximum absolute atomic E-state index is 13.3. The van der Waals surface area contributed by atoms with Crippen LogP contribution >= 0.6 is 22.9 Å². The van der Waals surface area contributed by atoms with Crippen molar-refractivity contribution in [1.29, 1.82) is 0 Å². The molecule has 0 saturated carbocycles. The summed E-state index contributed by atoms with van der Waals surface area (Å²) in [6.07, 6.45) is 1.02. The molecule has 0 unspecified atom stereocenters. The number of nitro groups is 1. The fraction of sp³-hybridized carbons (Fsp3) is 0.250. The lowest BCUT2D eigenvalue weighted by atomic mass is 9.96. The fourth-order valence-corrected chi connectivity index (χ4v) is 5.93. The van der Waals surface area contributed by atoms with E-state index in [2.05, 4.69) is 10.3 Å². The molecule has 200 valence electrons. The van der Waals surface area contributed by atoms with Gasteiger partial charge in [0.1, 0.15) is 10.7 Å². The number of carbonyl (C=O) groups excluding carboxylic acids is 2. The van der Waals surface area contributed by atoms with Gasteiger partial charge in [0.05, 0.1) is 38.8 Å². The molecule has 0 aliphatic carbocycles. The molecule has 0 atom stereocenters. The Balaban J connectivity index is 1.40. The maximum Gasteiger partial charge on any atom is 0.308 e. The van der Waals surface area contributed by atoms with Crippen molar-refractivity contribution in [2.24, 2.45) is 5.92 Å². The lowest BCUT2D eigenvalue weighted by Gasteiger charge is -2.32. The van der Waals surface area contributed by atoms with E-state index in [4.69, 9.17) is 16.3 Å². The van der Waals surface area contributed by atoms with E-state index in [0.717, 1.165) is 26.4 Å². The molecular formula is C28H25ClN4O5S. The van der Waals surface area contributed by atoms with Crippen LogP contribution in [0.15, 0.2) is 54.6 Å². The zero-order valence-corrected chi connectivity index (χ0v) is 22.8. The molecule has 1 fully saturated rings. The molecule has 1 aromatic heterocycles. The maximum atomic E-state index is 13.3. The van der Waals surface area contributed by atoms with Gasteiger partial charge in [0, 0.05) is 30.4 Å². The number of aryl methyl sites for hydroxylation is 1. The second kappa shape index (κ2) is 11.0. The number of thiazole rings is 1. The van der Waals surface area contributed by atoms with Gasteiger partial charge in [0.25, 0.3) is 11.6 Å². The lowest BCUT2D eigenvalue weighted by molar-refractivity contribution is -0.384. The van der Waals surface area contributed by atoms with Crippen molar-refractivity contribution in [2.45, 2.75) is 19.8 Å². The molecule has 0 radical (unpaired) electrons. The third kappa shape index (κ3) is 5.43. The number of nitrogens with zero attached hydrogens (tertiary/aromatic N) is 3. The second-order valence-electron chi connectivity index (χ2n) is 9.33. The zero-order valence-electron chi connectivity index (χ0n) is 21.3. The summed E-state index contributed by atoms with van der Waals surface area (Å²) in [6, 6.07) is 16.2. The first-order valence-corrected chi connectivity index (χ1v) is 13.5. The highest BCUT2D eigenvalue weighted by atomic mass is 35.5. The summed E-state index contributed by atoms with van der Waals surface area (Å²) in [7, 11) is 1.35. The van der Waals surface area contributed by atoms with E-state index in [1.165, 1.54) is 19.2 Å². The third-order valence-electron chi connectivity index (χ3n) is 6.90. The molecule has 11 heteroatoms. The van der Waals surface area contributed by atoms with Gasteiger partial charge in [-0.1, -0.05) is 35.9 Å². The SMILES string of the molecule is COC(=O)C1CCN(c2cc(Cl)c(C(=O)Nc3cc(-c4nc5ccccc5s4)ccc3C)cc2[N+](=O)[O-])CC1. The number of methoxy groups -OCH3 is 1. The summed E-state index contributed by atoms with van der Waals surface area (Å²) >= 11 is 8.06. The van der Waals surface area contributed by atoms with E-state index >= 15 is 0 Å². The smallest absolute Gasteiger partial charge is 0.308 e. The Bertz CT molecular complexity index is 1560. The van der Waals surface area contributed by atoms with Gasteiger partial charge in [0.2, 0.25) is 0 Å². The molecular weight excluding hydrogens is 540 g/mol. The fourth-order valence-electron chi connectivity index (χ4n) is 4.72. The first-order chi connectivity index (χ1) is 18.7. The molecule has 3 aromatic carbocycles. The van der Waals surface area contributed by atoms with Gasteiger partial charge in [-0.15, -0.1) is 11.3 Å². The van der Waals surface area contributed by atoms with Crippen molar-refractivity contribution in [3.63, 3.8) is 0 Å². The first-order valence-electron chi connectivity index (χ1n) is 12.3. The van der Waals surface area contributed by atoms with Crippen LogP contribution in [-0.2, 0) is 9.53 Å². The number of aromatic nitrogens is 1. The monoisotopic (exact) mass is 564 g/mol. The van der Waals surface area contributed by atoms with Crippen LogP contribution in [-0.4, -0.2) is 42.0 Å². The number of carbonyl (C=O) groups is 2. The summed E-state index contributed by atoms with van der Waals surface area (Å²) in [4.78, 5) is 43.1. The molecule has 1 amide bonds. The van der Waals surface area contributed by atoms with Gasteiger partial charge in [-0.2, -0.15) is 0 Å². The number of halogens is 1. The Morgan fingerprint density at radius 1 is 1.15 bits per heavy atom. The highest BCUT2D eigenvalue weighted by Crippen LogP contribution is 2.37. The molecule has 1 aliphatic rings. The van der Waals surface area contributed by atoms with Crippen molar-refractivity contribution >= 4 is 62.1 Å². The molecule has 0 bridgehead atoms. The Labute approximate surface area is 233 Å². The molecule has 5 rings (SSSR count). The summed E-state index contributed by atoms with van der Waals surface area (Å²) < 4.78 is 5.89. The number of esters is 1. The van der Waals surface area contributed by atoms with Crippen LogP contribution < -0.4 is 10.2 Å². The number of amides is 1. The van der Waals surface area contributed by atoms with Crippen LogP contribution in [0, 0.1) is 23.0 Å². The summed E-state index contributed by atoms with van der Waals surface area (Å²) in [6.45, 7) is 2.73. The Morgan fingerprint density at radius 2 is 1.90 bits per heavy atom. The highest BCUT2D eigenvalue weighted by molar-refractivity contribution is 7.21. The normalized spacial score (nSPS) is 13.9. The van der Waals surface area contributed by atoms with Gasteiger partial charge in [-0.25, -0.2) is 4.98 Å². The number of hydrogen-bond acceptors (Lipinski definition) is 8. The van der Waals surface area contributed by atoms with E-state index in [1.807, 2.05) is 54.3 Å². The molecule has 4 aromatic rings. The highest BCUT2D eigenvalue weighted by Gasteiger charge is 2.30. The van der Waals surface area contributed by atoms with Crippen LogP contribution in [0.1, 0.15) is 28.8 Å². The number of para-hydroxylation sites is 1. The number of piperidine rings is 1. The van der Waals surface area contributed by atoms with E-state index in [1.54, 1.807) is 11.3 Å². The van der Waals surface area contributed by atoms with Gasteiger partial charge in [-0.05, 0) is 49.6 Å². The van der Waals surface area contributed by atoms with Crippen molar-refractivity contribution in [2.75, 3.05) is 30.4 Å². The minimum atomic E-state index is -0.552. The number of nitrogens with one attached hydrogen (secondary N) is 1. The van der Waals surface area contributed by atoms with Gasteiger partial charge in [-0.3, -0.25) is 19.7 Å². The molecule has 39 heavy (non-hydrogen) atoms. The first kappa shape index (κ1) is 26.6. The van der Waals surface area contributed by atoms with Crippen molar-refractivity contribution < 1.29 is 19.2 Å². The standard InChI is InChI=1S/C28H25ClN4O5S/c1-16-7-8-18(27-31-21-5-3-4-6-25(21)39-27)13-22(16)30-26(34)19-14-24(33(36)37)23(15-20(19)29)32-11-9-17(10-12-32)28(35)38-2/h3-8,13-15,17H,9-12H2,1-2H3,(H,30,34). The Kier molecular flexibility index (Phi) is 7.49. The van der Waals surface area contributed by atoms with Crippen molar-refractivity contribution in [3.8, 4) is 10.6 Å². The number of nitro benzene ring substituents is 1. The molecule has 9 nitrogen and oxygen atoms in total. The third-order valence-corrected chi connectivity index (χ3v) is 8.30. The van der Waals surface area contributed by atoms with Crippen molar-refractivity contribution in [3.05, 3.63) is 80.9 Å². The molecule has 1 aliphatic heterocycles. The van der Waals surface area contributed by atoms with Crippen LogP contribution in [0.5, 0.6) is 0 Å². The van der Waals surface area contributed by atoms with E-state index < -0.39 is 10.8 Å². The van der Waals surface area contributed by atoms with Gasteiger partial charge >= 0.3 is 5.97 Å². The number of benzene rings is 3. The number of fused-ring (bicyclic) bond motifs is 1. The average Bonchev–Trinajstić information content (AvgIpc) is 3.38. The van der Waals surface area contributed by atoms with E-state index in [9.17, 15) is 19.7 Å². The minimum Gasteiger partial charge on any atom is -0.469 e. The Hall–Kier alpha value is -4.02. The molecule has 2 heterocycles. The number of ether oxygens (including phenoxy) is 1. The van der Waals surface area contributed by atoms with E-state index in [-0.39, 0.29) is 28.2 Å². The van der Waals surface area contributed by atoms with Crippen LogP contribution in [0.25, 0.3) is 20.8 Å². The van der Waals surface area contributed by atoms with E-state index in [0.29, 0.717) is 37.3 Å². The Morgan fingerprint density at radius 3 is 2.59 bits per heavy atom. The summed E-state index contributed by atoms with van der Waals surface area (Å²) in [5.74, 6) is -1.08. The number of rotatable bonds is 6. The molecule has 0 spiro atoms. The predicted octanol–water partition coefficient (Wildman–Crippen LogP) is 6.48. The predicted molar refractivity (Wildman–Crippen MR) is 153 cm³/mol. The van der Waals surface area contributed by atoms with Crippen molar-refractivity contribution in [1.82, 2.24) is 4.98 Å². The average molecular weight is 565 g/mol. The zero-order chi connectivity index (χ0) is 27.7. The van der Waals surface area contributed by atoms with Crippen LogP contribution in [0.2, 0.25) is 5.02 Å². The van der Waals surface area contributed by atoms with Crippen LogP contribution in [0.3, 0.4) is 0 Å². The number of anilines is 2. The largest absolute Gasteiger partial charge is 0.469 e. The number of hydrogen-bond donors (Lipinski definition) is 1. The molecule has 1 saturated heterocycles. The van der Waals surface area contributed by atoms with Gasteiger partial charge in [0.15, 0.2) is 0 Å². The topological polar surface area (TPSA) is 115 Å². The quantitative estimate of drug-likeness (QED) is 0.162. The lowest BCUT2D eigenvalue weighted by Crippen LogP contribution is -2.37. The second-order valence-corrected chi connectivity index (χ2v) is 10.8.